The van der Waals surface area contributed by atoms with Crippen LogP contribution in [0.5, 0.6) is 0 Å². The molecule has 2 rings (SSSR count). The lowest BCUT2D eigenvalue weighted by Gasteiger charge is -2.10. The van der Waals surface area contributed by atoms with Crippen molar-refractivity contribution in [3.05, 3.63) is 65.2 Å². The van der Waals surface area contributed by atoms with Gasteiger partial charge in [0.2, 0.25) is 0 Å². The average Bonchev–Trinajstić information content (AvgIpc) is 2.38. The summed E-state index contributed by atoms with van der Waals surface area (Å²) in [5.41, 5.74) is 1.39. The molecule has 2 aromatic carbocycles. The van der Waals surface area contributed by atoms with E-state index in [1.54, 1.807) is 24.3 Å². The van der Waals surface area contributed by atoms with E-state index in [0.29, 0.717) is 10.6 Å². The quantitative estimate of drug-likeness (QED) is 0.826. The number of nitrogens with one attached hydrogen (secondary N) is 1. The van der Waals surface area contributed by atoms with Crippen LogP contribution in [0.4, 0.5) is 5.69 Å². The lowest BCUT2D eigenvalue weighted by Crippen LogP contribution is -2.07. The Bertz CT molecular complexity index is 548. The van der Waals surface area contributed by atoms with Crippen LogP contribution in [0, 0.1) is 0 Å². The van der Waals surface area contributed by atoms with E-state index in [1.807, 2.05) is 30.3 Å². The van der Waals surface area contributed by atoms with Crippen LogP contribution >= 0.6 is 19.6 Å². The van der Waals surface area contributed by atoms with Gasteiger partial charge < -0.3 is 5.32 Å². The summed E-state index contributed by atoms with van der Waals surface area (Å²) in [5, 5.41) is 3.49. The second-order valence-electron chi connectivity index (χ2n) is 3.74. The number of hydrogen-bond donors (Lipinski definition) is 2. The molecular weight excluding hydrogens is 269 g/mol. The van der Waals surface area contributed by atoms with Gasteiger partial charge in [-0.05, 0) is 22.8 Å². The molecule has 0 saturated carbocycles. The third kappa shape index (κ3) is 3.08. The molecule has 0 heterocycles. The first-order valence-corrected chi connectivity index (χ1v) is 7.05. The van der Waals surface area contributed by atoms with Crippen LogP contribution in [0.15, 0.2) is 54.6 Å². The largest absolute Gasteiger partial charge is 0.535 e. The smallest absolute Gasteiger partial charge is 0.336 e. The summed E-state index contributed by atoms with van der Waals surface area (Å²) in [6.07, 6.45) is 0. The first-order valence-electron chi connectivity index (χ1n) is 5.40. The number of anilines is 1. The average molecular weight is 281 g/mol. The van der Waals surface area contributed by atoms with Crippen LogP contribution < -0.4 is 5.32 Å². The summed E-state index contributed by atoms with van der Waals surface area (Å²) in [6, 6.07) is 16.3. The van der Waals surface area contributed by atoms with Crippen molar-refractivity contribution in [2.45, 2.75) is 5.78 Å². The lowest BCUT2D eigenvalue weighted by atomic mass is 10.2. The third-order valence-corrected chi connectivity index (χ3v) is 3.69. The molecule has 0 aromatic heterocycles. The molecule has 2 unspecified atom stereocenters. The van der Waals surface area contributed by atoms with E-state index in [9.17, 15) is 9.46 Å². The molecule has 2 N–H and O–H groups in total. The van der Waals surface area contributed by atoms with Gasteiger partial charge in [-0.25, -0.2) is 0 Å². The van der Waals surface area contributed by atoms with E-state index in [1.165, 1.54) is 0 Å². The Kier molecular flexibility index (Phi) is 4.32. The molecule has 0 amide bonds. The van der Waals surface area contributed by atoms with Gasteiger partial charge >= 0.3 is 8.03 Å². The van der Waals surface area contributed by atoms with Crippen molar-refractivity contribution < 1.29 is 9.46 Å². The van der Waals surface area contributed by atoms with Gasteiger partial charge in [0.05, 0.1) is 5.02 Å². The standard InChI is InChI=1S/C13H11ClNO2P/c14-12-9-5-4-8-11(12)13(18(16)17)15-10-6-2-1-3-7-10/h1-9,13,15H/p+1. The van der Waals surface area contributed by atoms with Gasteiger partial charge in [-0.2, -0.15) is 4.89 Å². The predicted molar refractivity (Wildman–Crippen MR) is 74.1 cm³/mol. The Morgan fingerprint density at radius 3 is 2.28 bits per heavy atom. The van der Waals surface area contributed by atoms with Crippen molar-refractivity contribution in [3.63, 3.8) is 0 Å². The van der Waals surface area contributed by atoms with E-state index in [4.69, 9.17) is 11.6 Å². The molecule has 2 aromatic rings. The van der Waals surface area contributed by atoms with Crippen molar-refractivity contribution in [3.8, 4) is 0 Å². The molecule has 5 heteroatoms. The maximum absolute atomic E-state index is 11.5. The fourth-order valence-electron chi connectivity index (χ4n) is 1.64. The molecule has 92 valence electrons. The zero-order valence-corrected chi connectivity index (χ0v) is 11.1. The Balaban J connectivity index is 2.30. The van der Waals surface area contributed by atoms with E-state index in [2.05, 4.69) is 5.32 Å². The first kappa shape index (κ1) is 13.0. The molecule has 0 aliphatic heterocycles. The van der Waals surface area contributed by atoms with E-state index < -0.39 is 13.8 Å². The highest BCUT2D eigenvalue weighted by molar-refractivity contribution is 7.38. The molecule has 0 aliphatic carbocycles. The summed E-state index contributed by atoms with van der Waals surface area (Å²) in [7, 11) is -2.43. The second-order valence-corrected chi connectivity index (χ2v) is 5.27. The van der Waals surface area contributed by atoms with E-state index in [0.717, 1.165) is 5.69 Å². The Morgan fingerprint density at radius 1 is 1.06 bits per heavy atom. The van der Waals surface area contributed by atoms with Crippen molar-refractivity contribution in [2.24, 2.45) is 0 Å². The monoisotopic (exact) mass is 280 g/mol. The summed E-state index contributed by atoms with van der Waals surface area (Å²) in [6.45, 7) is 0. The fraction of sp³-hybridized carbons (Fsp3) is 0.0769. The van der Waals surface area contributed by atoms with Gasteiger partial charge in [0.1, 0.15) is 0 Å². The van der Waals surface area contributed by atoms with E-state index >= 15 is 0 Å². The molecule has 3 nitrogen and oxygen atoms in total. The minimum absolute atomic E-state index is 0.475. The number of halogens is 1. The number of para-hydroxylation sites is 1. The highest BCUT2D eigenvalue weighted by atomic mass is 35.5. The van der Waals surface area contributed by atoms with Crippen molar-refractivity contribution >= 4 is 25.3 Å². The molecule has 0 spiro atoms. The zero-order chi connectivity index (χ0) is 13.0. The molecular formula is C13H12ClNO2P+. The van der Waals surface area contributed by atoms with Crippen LogP contribution in [0.2, 0.25) is 5.02 Å². The molecule has 0 bridgehead atoms. The highest BCUT2D eigenvalue weighted by Gasteiger charge is 2.32. The first-order chi connectivity index (χ1) is 8.68. The van der Waals surface area contributed by atoms with E-state index in [-0.39, 0.29) is 0 Å². The normalized spacial score (nSPS) is 12.9. The number of benzene rings is 2. The van der Waals surface area contributed by atoms with Gasteiger partial charge in [-0.1, -0.05) is 48.0 Å². The summed E-state index contributed by atoms with van der Waals surface area (Å²) >= 11 is 6.05. The highest BCUT2D eigenvalue weighted by Crippen LogP contribution is 2.40. The third-order valence-electron chi connectivity index (χ3n) is 2.50. The molecule has 0 fully saturated rings. The van der Waals surface area contributed by atoms with Crippen LogP contribution in [-0.4, -0.2) is 4.89 Å². The van der Waals surface area contributed by atoms with Gasteiger partial charge in [0.15, 0.2) is 0 Å². The second kappa shape index (κ2) is 5.96. The molecule has 0 aliphatic rings. The maximum Gasteiger partial charge on any atom is 0.535 e. The SMILES string of the molecule is O=[P+](O)C(Nc1ccccc1)c1ccccc1Cl. The van der Waals surface area contributed by atoms with Crippen molar-refractivity contribution in [1.29, 1.82) is 0 Å². The topological polar surface area (TPSA) is 49.3 Å². The number of hydrogen-bond acceptors (Lipinski definition) is 2. The minimum Gasteiger partial charge on any atom is -0.336 e. The van der Waals surface area contributed by atoms with Crippen molar-refractivity contribution in [2.75, 3.05) is 5.32 Å². The Morgan fingerprint density at radius 2 is 1.67 bits per heavy atom. The molecule has 0 saturated heterocycles. The fourth-order valence-corrected chi connectivity index (χ4v) is 2.68. The molecule has 2 atom stereocenters. The minimum atomic E-state index is -2.43. The van der Waals surface area contributed by atoms with Crippen LogP contribution in [0.1, 0.15) is 11.3 Å². The molecule has 18 heavy (non-hydrogen) atoms. The van der Waals surface area contributed by atoms with Gasteiger partial charge in [0.25, 0.3) is 5.78 Å². The predicted octanol–water partition coefficient (Wildman–Crippen LogP) is 4.19. The van der Waals surface area contributed by atoms with Gasteiger partial charge in [0, 0.05) is 11.3 Å². The zero-order valence-electron chi connectivity index (χ0n) is 9.45. The Hall–Kier alpha value is -1.41. The van der Waals surface area contributed by atoms with Gasteiger partial charge in [-0.3, -0.25) is 0 Å². The van der Waals surface area contributed by atoms with Crippen LogP contribution in [0.25, 0.3) is 0 Å². The maximum atomic E-state index is 11.5. The summed E-state index contributed by atoms with van der Waals surface area (Å²) in [4.78, 5) is 9.44. The van der Waals surface area contributed by atoms with Crippen LogP contribution in [-0.2, 0) is 4.57 Å². The summed E-state index contributed by atoms with van der Waals surface area (Å²) in [5.74, 6) is -0.712. The summed E-state index contributed by atoms with van der Waals surface area (Å²) < 4.78 is 11.5. The lowest BCUT2D eigenvalue weighted by molar-refractivity contribution is 0.494. The van der Waals surface area contributed by atoms with Crippen molar-refractivity contribution in [1.82, 2.24) is 0 Å². The Labute approximate surface area is 111 Å². The van der Waals surface area contributed by atoms with Gasteiger partial charge in [-0.15, -0.1) is 0 Å². The van der Waals surface area contributed by atoms with Crippen LogP contribution in [0.3, 0.4) is 0 Å². The molecule has 0 radical (unpaired) electrons. The number of rotatable bonds is 4.